The molecule has 5 aromatic rings. The maximum Gasteiger partial charge on any atom is 0.150 e. The Morgan fingerprint density at radius 3 is 2.70 bits per heavy atom. The molecule has 166 valence electrons. The first-order valence-corrected chi connectivity index (χ1v) is 11.5. The van der Waals surface area contributed by atoms with Crippen molar-refractivity contribution in [2.75, 3.05) is 0 Å². The van der Waals surface area contributed by atoms with Crippen LogP contribution in [0.1, 0.15) is 31.1 Å². The first kappa shape index (κ1) is 21.7. The average molecular weight is 479 g/mol. The first-order valence-electron chi connectivity index (χ1n) is 10.8. The van der Waals surface area contributed by atoms with Gasteiger partial charge in [0.25, 0.3) is 0 Å². The van der Waals surface area contributed by atoms with E-state index in [4.69, 9.17) is 28.0 Å². The van der Waals surface area contributed by atoms with Crippen LogP contribution in [-0.2, 0) is 6.42 Å². The molecule has 33 heavy (non-hydrogen) atoms. The number of pyridine rings is 1. The van der Waals surface area contributed by atoms with Crippen LogP contribution in [0.15, 0.2) is 73.1 Å². The minimum absolute atomic E-state index is 0.0235. The van der Waals surface area contributed by atoms with Gasteiger partial charge in [-0.2, -0.15) is 4.73 Å². The standard InChI is InChI=1S/C27H21Cl2FN2O/c1-3-17-14-18(19-6-4-8-24-21(19)7-5-12-31-24)15-25-20(17)11-13-32(25)33-16(2)26-22(28)9-10-23(30)27(26)29/h4-16H,3H2,1-2H3. The molecule has 2 heterocycles. The van der Waals surface area contributed by atoms with Gasteiger partial charge in [0.05, 0.1) is 16.1 Å². The van der Waals surface area contributed by atoms with Crippen molar-refractivity contribution in [3.63, 3.8) is 0 Å². The third-order valence-electron chi connectivity index (χ3n) is 5.95. The molecule has 0 radical (unpaired) electrons. The molecule has 2 aromatic heterocycles. The Labute approximate surface area is 201 Å². The fourth-order valence-corrected chi connectivity index (χ4v) is 5.01. The van der Waals surface area contributed by atoms with Gasteiger partial charge in [0.15, 0.2) is 6.10 Å². The van der Waals surface area contributed by atoms with Gasteiger partial charge >= 0.3 is 0 Å². The van der Waals surface area contributed by atoms with Crippen LogP contribution in [-0.4, -0.2) is 9.71 Å². The van der Waals surface area contributed by atoms with Crippen molar-refractivity contribution < 1.29 is 9.23 Å². The smallest absolute Gasteiger partial charge is 0.150 e. The zero-order valence-electron chi connectivity index (χ0n) is 18.1. The number of hydrogen-bond acceptors (Lipinski definition) is 2. The van der Waals surface area contributed by atoms with Crippen molar-refractivity contribution in [1.82, 2.24) is 9.71 Å². The lowest BCUT2D eigenvalue weighted by atomic mass is 9.96. The highest BCUT2D eigenvalue weighted by molar-refractivity contribution is 6.36. The van der Waals surface area contributed by atoms with Gasteiger partial charge in [0, 0.05) is 33.8 Å². The summed E-state index contributed by atoms with van der Waals surface area (Å²) in [4.78, 5) is 10.7. The Hall–Kier alpha value is -3.08. The highest BCUT2D eigenvalue weighted by Gasteiger charge is 2.20. The maximum absolute atomic E-state index is 14.1. The predicted octanol–water partition coefficient (Wildman–Crippen LogP) is 8.05. The van der Waals surface area contributed by atoms with E-state index < -0.39 is 11.9 Å². The number of halogens is 3. The summed E-state index contributed by atoms with van der Waals surface area (Å²) in [6.45, 7) is 3.94. The zero-order chi connectivity index (χ0) is 23.1. The van der Waals surface area contributed by atoms with Gasteiger partial charge in [-0.05, 0) is 66.4 Å². The SMILES string of the molecule is CCc1cc(-c2cccc3ncccc23)cc2c1ccn2OC(C)c1c(Cl)ccc(F)c1Cl. The normalized spacial score (nSPS) is 12.4. The molecule has 0 aliphatic rings. The number of hydrogen-bond donors (Lipinski definition) is 0. The average Bonchev–Trinajstić information content (AvgIpc) is 3.23. The topological polar surface area (TPSA) is 27.1 Å². The molecule has 3 nitrogen and oxygen atoms in total. The van der Waals surface area contributed by atoms with Gasteiger partial charge in [0.1, 0.15) is 5.82 Å². The van der Waals surface area contributed by atoms with Crippen LogP contribution in [0.25, 0.3) is 32.9 Å². The molecule has 0 spiro atoms. The Morgan fingerprint density at radius 2 is 1.88 bits per heavy atom. The maximum atomic E-state index is 14.1. The van der Waals surface area contributed by atoms with E-state index in [9.17, 15) is 4.39 Å². The van der Waals surface area contributed by atoms with Crippen LogP contribution in [0.5, 0.6) is 0 Å². The number of rotatable bonds is 5. The van der Waals surface area contributed by atoms with Gasteiger partial charge in [-0.25, -0.2) is 4.39 Å². The number of aromatic nitrogens is 2. The second kappa shape index (κ2) is 8.69. The van der Waals surface area contributed by atoms with Crippen molar-refractivity contribution in [3.05, 3.63) is 100 Å². The lowest BCUT2D eigenvalue weighted by molar-refractivity contribution is 0.0562. The quantitative estimate of drug-likeness (QED) is 0.239. The molecule has 0 fully saturated rings. The highest BCUT2D eigenvalue weighted by Crippen LogP contribution is 2.35. The van der Waals surface area contributed by atoms with E-state index in [1.165, 1.54) is 17.7 Å². The van der Waals surface area contributed by atoms with Crippen molar-refractivity contribution >= 4 is 45.0 Å². The van der Waals surface area contributed by atoms with Crippen LogP contribution in [0.4, 0.5) is 4.39 Å². The highest BCUT2D eigenvalue weighted by atomic mass is 35.5. The fraction of sp³-hybridized carbons (Fsp3) is 0.148. The molecular formula is C27H21Cl2FN2O. The first-order chi connectivity index (χ1) is 16.0. The minimum Gasteiger partial charge on any atom is -0.406 e. The largest absolute Gasteiger partial charge is 0.406 e. The van der Waals surface area contributed by atoms with Crippen molar-refractivity contribution in [1.29, 1.82) is 0 Å². The van der Waals surface area contributed by atoms with Crippen LogP contribution in [0, 0.1) is 5.82 Å². The summed E-state index contributed by atoms with van der Waals surface area (Å²) in [5.74, 6) is -0.524. The Balaban J connectivity index is 1.63. The zero-order valence-corrected chi connectivity index (χ0v) is 19.7. The third-order valence-corrected chi connectivity index (χ3v) is 6.67. The summed E-state index contributed by atoms with van der Waals surface area (Å²) in [6, 6.07) is 19.3. The van der Waals surface area contributed by atoms with E-state index in [2.05, 4.69) is 36.2 Å². The van der Waals surface area contributed by atoms with E-state index in [1.807, 2.05) is 30.5 Å². The molecule has 0 saturated heterocycles. The van der Waals surface area contributed by atoms with E-state index in [0.717, 1.165) is 39.4 Å². The van der Waals surface area contributed by atoms with Gasteiger partial charge < -0.3 is 4.84 Å². The van der Waals surface area contributed by atoms with E-state index in [-0.39, 0.29) is 5.02 Å². The third kappa shape index (κ3) is 3.84. The van der Waals surface area contributed by atoms with Crippen molar-refractivity contribution in [3.8, 4) is 11.1 Å². The van der Waals surface area contributed by atoms with Crippen molar-refractivity contribution in [2.24, 2.45) is 0 Å². The van der Waals surface area contributed by atoms with Gasteiger partial charge in [0.2, 0.25) is 0 Å². The molecule has 0 amide bonds. The van der Waals surface area contributed by atoms with Gasteiger partial charge in [-0.3, -0.25) is 4.98 Å². The second-order valence-corrected chi connectivity index (χ2v) is 8.73. The van der Waals surface area contributed by atoms with Crippen molar-refractivity contribution in [2.45, 2.75) is 26.4 Å². The fourth-order valence-electron chi connectivity index (χ4n) is 4.33. The van der Waals surface area contributed by atoms with E-state index in [1.54, 1.807) is 17.9 Å². The molecule has 0 aliphatic carbocycles. The summed E-state index contributed by atoms with van der Waals surface area (Å²) >= 11 is 12.5. The molecule has 0 bridgehead atoms. The summed E-state index contributed by atoms with van der Waals surface area (Å²) in [7, 11) is 0. The van der Waals surface area contributed by atoms with Gasteiger partial charge in [-0.1, -0.05) is 54.4 Å². The summed E-state index contributed by atoms with van der Waals surface area (Å²) < 4.78 is 15.8. The minimum atomic E-state index is -0.563. The molecule has 1 unspecified atom stereocenters. The molecule has 5 rings (SSSR count). The lowest BCUT2D eigenvalue weighted by Crippen LogP contribution is -2.16. The molecule has 3 aromatic carbocycles. The Bertz CT molecular complexity index is 1490. The summed E-state index contributed by atoms with van der Waals surface area (Å²) in [6.07, 6.45) is 3.98. The molecule has 6 heteroatoms. The number of fused-ring (bicyclic) bond motifs is 2. The number of benzene rings is 3. The summed E-state index contributed by atoms with van der Waals surface area (Å²) in [5.41, 5.74) is 5.68. The van der Waals surface area contributed by atoms with E-state index in [0.29, 0.717) is 10.6 Å². The number of nitrogens with zero attached hydrogens (tertiary/aromatic N) is 2. The molecule has 0 N–H and O–H groups in total. The Kier molecular flexibility index (Phi) is 5.73. The molecule has 0 aliphatic heterocycles. The number of aryl methyl sites for hydroxylation is 1. The van der Waals surface area contributed by atoms with Crippen LogP contribution < -0.4 is 4.84 Å². The monoisotopic (exact) mass is 478 g/mol. The Morgan fingerprint density at radius 1 is 1.03 bits per heavy atom. The van der Waals surface area contributed by atoms with E-state index >= 15 is 0 Å². The van der Waals surface area contributed by atoms with Crippen LogP contribution in [0.2, 0.25) is 10.0 Å². The lowest BCUT2D eigenvalue weighted by Gasteiger charge is -2.19. The molecular weight excluding hydrogens is 458 g/mol. The molecule has 1 atom stereocenters. The predicted molar refractivity (Wildman–Crippen MR) is 133 cm³/mol. The van der Waals surface area contributed by atoms with Crippen LogP contribution in [0.3, 0.4) is 0 Å². The molecule has 0 saturated carbocycles. The van der Waals surface area contributed by atoms with Crippen LogP contribution >= 0.6 is 23.2 Å². The second-order valence-electron chi connectivity index (χ2n) is 7.94. The summed E-state index contributed by atoms with van der Waals surface area (Å²) in [5, 5.41) is 2.53. The van der Waals surface area contributed by atoms with Gasteiger partial charge in [-0.15, -0.1) is 0 Å².